The predicted molar refractivity (Wildman–Crippen MR) is 61.8 cm³/mol. The quantitative estimate of drug-likeness (QED) is 0.665. The topological polar surface area (TPSA) is 27.7 Å². The van der Waals surface area contributed by atoms with Gasteiger partial charge < -0.3 is 14.2 Å². The molecular formula is C13H19O3. The van der Waals surface area contributed by atoms with E-state index in [4.69, 9.17) is 14.2 Å². The Labute approximate surface area is 97.3 Å². The highest BCUT2D eigenvalue weighted by molar-refractivity contribution is 5.16. The molecular weight excluding hydrogens is 204 g/mol. The van der Waals surface area contributed by atoms with Gasteiger partial charge in [0.1, 0.15) is 0 Å². The first-order valence-electron chi connectivity index (χ1n) is 5.68. The third-order valence-electron chi connectivity index (χ3n) is 2.04. The van der Waals surface area contributed by atoms with Gasteiger partial charge in [-0.1, -0.05) is 24.3 Å². The van der Waals surface area contributed by atoms with Crippen LogP contribution in [0.4, 0.5) is 0 Å². The fraction of sp³-hybridized carbons (Fsp3) is 0.538. The van der Waals surface area contributed by atoms with Gasteiger partial charge in [0.2, 0.25) is 0 Å². The molecule has 1 rings (SSSR count). The van der Waals surface area contributed by atoms with E-state index in [-0.39, 0.29) is 0 Å². The SMILES string of the molecule is CCOC(OCC)(OCC)c1[c]cccc1. The Balaban J connectivity index is 2.99. The molecule has 0 N–H and O–H groups in total. The minimum atomic E-state index is -1.11. The van der Waals surface area contributed by atoms with Crippen LogP contribution in [0.1, 0.15) is 26.3 Å². The van der Waals surface area contributed by atoms with Crippen molar-refractivity contribution in [1.82, 2.24) is 0 Å². The first kappa shape index (κ1) is 13.2. The fourth-order valence-corrected chi connectivity index (χ4v) is 1.51. The number of rotatable bonds is 7. The Kier molecular flexibility index (Phi) is 5.46. The van der Waals surface area contributed by atoms with Crippen LogP contribution in [0.25, 0.3) is 0 Å². The smallest absolute Gasteiger partial charge is 0.312 e. The first-order valence-corrected chi connectivity index (χ1v) is 5.68. The van der Waals surface area contributed by atoms with Crippen LogP contribution in [0.15, 0.2) is 24.3 Å². The lowest BCUT2D eigenvalue weighted by atomic mass is 10.2. The number of ether oxygens (including phenoxy) is 3. The minimum Gasteiger partial charge on any atom is -0.324 e. The Morgan fingerprint density at radius 3 is 1.94 bits per heavy atom. The lowest BCUT2D eigenvalue weighted by Crippen LogP contribution is -2.36. The van der Waals surface area contributed by atoms with E-state index < -0.39 is 5.97 Å². The van der Waals surface area contributed by atoms with E-state index in [1.807, 2.05) is 45.0 Å². The maximum Gasteiger partial charge on any atom is 0.312 e. The van der Waals surface area contributed by atoms with Crippen LogP contribution in [-0.2, 0) is 20.2 Å². The van der Waals surface area contributed by atoms with Crippen molar-refractivity contribution in [1.29, 1.82) is 0 Å². The van der Waals surface area contributed by atoms with Crippen LogP contribution in [0.5, 0.6) is 0 Å². The summed E-state index contributed by atoms with van der Waals surface area (Å²) in [6.07, 6.45) is 0. The third kappa shape index (κ3) is 3.04. The average Bonchev–Trinajstić information content (AvgIpc) is 2.31. The monoisotopic (exact) mass is 223 g/mol. The molecule has 0 spiro atoms. The molecule has 0 aliphatic carbocycles. The predicted octanol–water partition coefficient (Wildman–Crippen LogP) is 2.71. The van der Waals surface area contributed by atoms with Gasteiger partial charge in [-0.25, -0.2) is 0 Å². The molecule has 1 aromatic rings. The third-order valence-corrected chi connectivity index (χ3v) is 2.04. The van der Waals surface area contributed by atoms with Gasteiger partial charge in [-0.3, -0.25) is 0 Å². The summed E-state index contributed by atoms with van der Waals surface area (Å²) >= 11 is 0. The summed E-state index contributed by atoms with van der Waals surface area (Å²) in [6, 6.07) is 10.6. The molecule has 1 radical (unpaired) electrons. The molecule has 0 atom stereocenters. The molecule has 89 valence electrons. The van der Waals surface area contributed by atoms with Gasteiger partial charge in [0.05, 0.1) is 0 Å². The highest BCUT2D eigenvalue weighted by Crippen LogP contribution is 2.28. The summed E-state index contributed by atoms with van der Waals surface area (Å²) in [4.78, 5) is 0. The molecule has 0 unspecified atom stereocenters. The van der Waals surface area contributed by atoms with Gasteiger partial charge in [-0.15, -0.1) is 0 Å². The molecule has 0 heterocycles. The van der Waals surface area contributed by atoms with E-state index in [9.17, 15) is 0 Å². The highest BCUT2D eigenvalue weighted by atomic mass is 16.9. The fourth-order valence-electron chi connectivity index (χ4n) is 1.51. The maximum atomic E-state index is 5.62. The van der Waals surface area contributed by atoms with Crippen LogP contribution < -0.4 is 0 Å². The van der Waals surface area contributed by atoms with Crippen molar-refractivity contribution >= 4 is 0 Å². The molecule has 16 heavy (non-hydrogen) atoms. The molecule has 1 aromatic carbocycles. The maximum absolute atomic E-state index is 5.62. The van der Waals surface area contributed by atoms with Crippen LogP contribution in [0.3, 0.4) is 0 Å². The standard InChI is InChI=1S/C13H19O3/c1-4-14-13(15-5-2,16-6-3)12-10-8-7-9-11-12/h7-10H,4-6H2,1-3H3. The van der Waals surface area contributed by atoms with Gasteiger partial charge in [-0.2, -0.15) is 0 Å². The highest BCUT2D eigenvalue weighted by Gasteiger charge is 2.34. The van der Waals surface area contributed by atoms with Crippen molar-refractivity contribution in [3.63, 3.8) is 0 Å². The Bertz CT molecular complexity index is 267. The summed E-state index contributed by atoms with van der Waals surface area (Å²) in [7, 11) is 0. The number of benzene rings is 1. The van der Waals surface area contributed by atoms with Gasteiger partial charge in [0.15, 0.2) is 0 Å². The summed E-state index contributed by atoms with van der Waals surface area (Å²) < 4.78 is 16.9. The summed E-state index contributed by atoms with van der Waals surface area (Å²) in [5, 5.41) is 0. The first-order chi connectivity index (χ1) is 7.79. The molecule has 0 fully saturated rings. The Morgan fingerprint density at radius 1 is 1.00 bits per heavy atom. The zero-order valence-corrected chi connectivity index (χ0v) is 10.2. The van der Waals surface area contributed by atoms with E-state index in [1.54, 1.807) is 0 Å². The average molecular weight is 223 g/mol. The van der Waals surface area contributed by atoms with E-state index in [2.05, 4.69) is 6.07 Å². The van der Waals surface area contributed by atoms with Crippen molar-refractivity contribution in [2.75, 3.05) is 19.8 Å². The van der Waals surface area contributed by atoms with E-state index in [1.165, 1.54) is 0 Å². The molecule has 0 amide bonds. The van der Waals surface area contributed by atoms with Crippen molar-refractivity contribution in [2.45, 2.75) is 26.7 Å². The zero-order chi connectivity index (χ0) is 11.9. The van der Waals surface area contributed by atoms with Gasteiger partial charge in [0, 0.05) is 25.4 Å². The second-order valence-corrected chi connectivity index (χ2v) is 3.13. The van der Waals surface area contributed by atoms with Crippen molar-refractivity contribution in [2.24, 2.45) is 0 Å². The lowest BCUT2D eigenvalue weighted by Gasteiger charge is -2.32. The summed E-state index contributed by atoms with van der Waals surface area (Å²) in [5.74, 6) is -1.11. The van der Waals surface area contributed by atoms with E-state index in [0.717, 1.165) is 5.56 Å². The Hall–Kier alpha value is -0.900. The Morgan fingerprint density at radius 2 is 1.56 bits per heavy atom. The van der Waals surface area contributed by atoms with Crippen molar-refractivity contribution in [3.05, 3.63) is 35.9 Å². The molecule has 0 saturated carbocycles. The van der Waals surface area contributed by atoms with Crippen LogP contribution >= 0.6 is 0 Å². The van der Waals surface area contributed by atoms with Gasteiger partial charge in [-0.05, 0) is 26.8 Å². The molecule has 0 bridgehead atoms. The molecule has 3 heteroatoms. The summed E-state index contributed by atoms with van der Waals surface area (Å²) in [5.41, 5.74) is 0.764. The summed E-state index contributed by atoms with van der Waals surface area (Å²) in [6.45, 7) is 7.29. The molecule has 0 aromatic heterocycles. The van der Waals surface area contributed by atoms with E-state index >= 15 is 0 Å². The molecule has 0 saturated heterocycles. The van der Waals surface area contributed by atoms with Crippen molar-refractivity contribution < 1.29 is 14.2 Å². The molecule has 0 aliphatic heterocycles. The molecule has 3 nitrogen and oxygen atoms in total. The zero-order valence-electron chi connectivity index (χ0n) is 10.2. The van der Waals surface area contributed by atoms with Gasteiger partial charge >= 0.3 is 5.97 Å². The minimum absolute atomic E-state index is 0.517. The van der Waals surface area contributed by atoms with Crippen LogP contribution in [-0.4, -0.2) is 19.8 Å². The van der Waals surface area contributed by atoms with Crippen LogP contribution in [0, 0.1) is 6.07 Å². The van der Waals surface area contributed by atoms with E-state index in [0.29, 0.717) is 19.8 Å². The number of hydrogen-bond acceptors (Lipinski definition) is 3. The second kappa shape index (κ2) is 6.63. The second-order valence-electron chi connectivity index (χ2n) is 3.13. The van der Waals surface area contributed by atoms with Crippen molar-refractivity contribution in [3.8, 4) is 0 Å². The normalized spacial score (nSPS) is 11.7. The largest absolute Gasteiger partial charge is 0.324 e. The lowest BCUT2D eigenvalue weighted by molar-refractivity contribution is -0.389. The van der Waals surface area contributed by atoms with Gasteiger partial charge in [0.25, 0.3) is 0 Å². The number of hydrogen-bond donors (Lipinski definition) is 0. The molecule has 0 aliphatic rings. The van der Waals surface area contributed by atoms with Crippen LogP contribution in [0.2, 0.25) is 0 Å².